The van der Waals surface area contributed by atoms with E-state index in [1.165, 1.54) is 7.11 Å². The minimum absolute atomic E-state index is 0.0621. The first kappa shape index (κ1) is 20.9. The highest BCUT2D eigenvalue weighted by Crippen LogP contribution is 2.21. The summed E-state index contributed by atoms with van der Waals surface area (Å²) >= 11 is 5.84. The Hall–Kier alpha value is -2.11. The smallest absolute Gasteiger partial charge is 0.407 e. The van der Waals surface area contributed by atoms with Gasteiger partial charge in [-0.05, 0) is 33.8 Å². The lowest BCUT2D eigenvalue weighted by atomic mass is 10.1. The van der Waals surface area contributed by atoms with Crippen LogP contribution in [0.15, 0.2) is 6.07 Å². The van der Waals surface area contributed by atoms with Crippen LogP contribution in [0.3, 0.4) is 0 Å². The summed E-state index contributed by atoms with van der Waals surface area (Å²) < 4.78 is 24.4. The van der Waals surface area contributed by atoms with Crippen molar-refractivity contribution in [2.75, 3.05) is 19.0 Å². The average molecular weight is 373 g/mol. The van der Waals surface area contributed by atoms with Crippen molar-refractivity contribution in [3.05, 3.63) is 22.6 Å². The molecule has 138 valence electrons. The lowest BCUT2D eigenvalue weighted by Crippen LogP contribution is -2.48. The SMILES string of the molecule is COC[C@@H](Nc1nc(Cl)c(C#N)cc1F)[C@H](C)NC(=O)OC(C)(C)C. The second-order valence-electron chi connectivity index (χ2n) is 6.41. The standard InChI is InChI=1S/C16H22ClFN4O3/c1-9(20-15(23)25-16(2,3)4)12(8-24-5)21-14-11(18)6-10(7-19)13(17)22-14/h6,9,12H,8H2,1-5H3,(H,20,23)(H,21,22)/t9-,12+/m0/s1. The van der Waals surface area contributed by atoms with E-state index in [2.05, 4.69) is 15.6 Å². The molecule has 9 heteroatoms. The van der Waals surface area contributed by atoms with Crippen LogP contribution in [-0.4, -0.2) is 42.5 Å². The molecule has 0 unspecified atom stereocenters. The maximum absolute atomic E-state index is 14.1. The zero-order valence-electron chi connectivity index (χ0n) is 14.8. The molecule has 0 fully saturated rings. The molecular formula is C16H22ClFN4O3. The van der Waals surface area contributed by atoms with Crippen molar-refractivity contribution in [2.24, 2.45) is 0 Å². The highest BCUT2D eigenvalue weighted by atomic mass is 35.5. The number of aromatic nitrogens is 1. The number of alkyl carbamates (subject to hydrolysis) is 1. The number of hydrogen-bond acceptors (Lipinski definition) is 6. The fraction of sp³-hybridized carbons (Fsp3) is 0.562. The summed E-state index contributed by atoms with van der Waals surface area (Å²) in [5.41, 5.74) is -0.699. The zero-order chi connectivity index (χ0) is 19.2. The van der Waals surface area contributed by atoms with Crippen molar-refractivity contribution in [3.8, 4) is 6.07 Å². The Morgan fingerprint density at radius 3 is 2.68 bits per heavy atom. The van der Waals surface area contributed by atoms with Gasteiger partial charge in [-0.25, -0.2) is 14.2 Å². The number of carbonyl (C=O) groups excluding carboxylic acids is 1. The van der Waals surface area contributed by atoms with Gasteiger partial charge in [0.2, 0.25) is 0 Å². The number of halogens is 2. The Bertz CT molecular complexity index is 658. The van der Waals surface area contributed by atoms with Gasteiger partial charge in [-0.2, -0.15) is 5.26 Å². The largest absolute Gasteiger partial charge is 0.444 e. The Labute approximate surface area is 151 Å². The first-order valence-corrected chi connectivity index (χ1v) is 7.96. The van der Waals surface area contributed by atoms with E-state index in [1.54, 1.807) is 33.8 Å². The molecule has 1 rings (SSSR count). The lowest BCUT2D eigenvalue weighted by molar-refractivity contribution is 0.0493. The molecular weight excluding hydrogens is 351 g/mol. The van der Waals surface area contributed by atoms with E-state index in [-0.39, 0.29) is 23.1 Å². The molecule has 1 heterocycles. The van der Waals surface area contributed by atoms with Gasteiger partial charge in [0, 0.05) is 7.11 Å². The minimum atomic E-state index is -0.730. The first-order chi connectivity index (χ1) is 11.6. The summed E-state index contributed by atoms with van der Waals surface area (Å²) in [4.78, 5) is 15.7. The highest BCUT2D eigenvalue weighted by Gasteiger charge is 2.24. The monoisotopic (exact) mass is 372 g/mol. The second kappa shape index (κ2) is 8.83. The molecule has 0 bridgehead atoms. The van der Waals surface area contributed by atoms with E-state index in [0.29, 0.717) is 0 Å². The molecule has 1 aromatic rings. The van der Waals surface area contributed by atoms with Crippen LogP contribution in [0.5, 0.6) is 0 Å². The Morgan fingerprint density at radius 2 is 2.16 bits per heavy atom. The number of hydrogen-bond donors (Lipinski definition) is 2. The number of nitrogens with one attached hydrogen (secondary N) is 2. The van der Waals surface area contributed by atoms with Crippen molar-refractivity contribution < 1.29 is 18.7 Å². The van der Waals surface area contributed by atoms with Crippen molar-refractivity contribution >= 4 is 23.5 Å². The quantitative estimate of drug-likeness (QED) is 0.745. The van der Waals surface area contributed by atoms with E-state index < -0.39 is 29.6 Å². The van der Waals surface area contributed by atoms with E-state index in [1.807, 2.05) is 0 Å². The number of carbonyl (C=O) groups is 1. The molecule has 7 nitrogen and oxygen atoms in total. The van der Waals surface area contributed by atoms with Gasteiger partial charge in [-0.15, -0.1) is 0 Å². The van der Waals surface area contributed by atoms with Gasteiger partial charge >= 0.3 is 6.09 Å². The van der Waals surface area contributed by atoms with Gasteiger partial charge < -0.3 is 20.1 Å². The molecule has 0 spiro atoms. The van der Waals surface area contributed by atoms with Crippen LogP contribution in [0.4, 0.5) is 15.0 Å². The van der Waals surface area contributed by atoms with Gasteiger partial charge in [-0.3, -0.25) is 0 Å². The van der Waals surface area contributed by atoms with E-state index in [0.717, 1.165) is 6.07 Å². The molecule has 25 heavy (non-hydrogen) atoms. The van der Waals surface area contributed by atoms with Crippen molar-refractivity contribution in [3.63, 3.8) is 0 Å². The van der Waals surface area contributed by atoms with Crippen LogP contribution in [0.2, 0.25) is 5.15 Å². The predicted molar refractivity (Wildman–Crippen MR) is 92.0 cm³/mol. The number of methoxy groups -OCH3 is 1. The lowest BCUT2D eigenvalue weighted by Gasteiger charge is -2.27. The third-order valence-corrected chi connectivity index (χ3v) is 3.35. The molecule has 0 aliphatic heterocycles. The molecule has 0 aliphatic carbocycles. The van der Waals surface area contributed by atoms with E-state index in [9.17, 15) is 9.18 Å². The third kappa shape index (κ3) is 6.72. The maximum Gasteiger partial charge on any atom is 0.407 e. The number of ether oxygens (including phenoxy) is 2. The van der Waals surface area contributed by atoms with E-state index in [4.69, 9.17) is 26.3 Å². The number of anilines is 1. The minimum Gasteiger partial charge on any atom is -0.444 e. The van der Waals surface area contributed by atoms with Crippen molar-refractivity contribution in [1.82, 2.24) is 10.3 Å². The summed E-state index contributed by atoms with van der Waals surface area (Å²) in [5.74, 6) is -0.865. The van der Waals surface area contributed by atoms with Crippen molar-refractivity contribution in [2.45, 2.75) is 45.4 Å². The fourth-order valence-electron chi connectivity index (χ4n) is 1.91. The van der Waals surface area contributed by atoms with Gasteiger partial charge in [0.25, 0.3) is 0 Å². The molecule has 0 saturated carbocycles. The zero-order valence-corrected chi connectivity index (χ0v) is 15.6. The summed E-state index contributed by atoms with van der Waals surface area (Å²) in [5, 5.41) is 14.2. The number of rotatable bonds is 6. The summed E-state index contributed by atoms with van der Waals surface area (Å²) in [6, 6.07) is 1.77. The summed E-state index contributed by atoms with van der Waals surface area (Å²) in [6.07, 6.45) is -0.603. The molecule has 0 aliphatic rings. The number of nitrogens with zero attached hydrogens (tertiary/aromatic N) is 2. The van der Waals surface area contributed by atoms with Gasteiger partial charge in [-0.1, -0.05) is 11.6 Å². The highest BCUT2D eigenvalue weighted by molar-refractivity contribution is 6.30. The maximum atomic E-state index is 14.1. The molecule has 2 atom stereocenters. The fourth-order valence-corrected chi connectivity index (χ4v) is 2.09. The van der Waals surface area contributed by atoms with Gasteiger partial charge in [0.05, 0.1) is 24.3 Å². The van der Waals surface area contributed by atoms with Crippen LogP contribution >= 0.6 is 11.6 Å². The summed E-state index contributed by atoms with van der Waals surface area (Å²) in [6.45, 7) is 7.13. The van der Waals surface area contributed by atoms with Crippen LogP contribution in [0.1, 0.15) is 33.3 Å². The molecule has 2 N–H and O–H groups in total. The topological polar surface area (TPSA) is 96.3 Å². The Kier molecular flexibility index (Phi) is 7.39. The normalized spacial score (nSPS) is 13.5. The second-order valence-corrected chi connectivity index (χ2v) is 6.77. The van der Waals surface area contributed by atoms with Crippen LogP contribution < -0.4 is 10.6 Å². The van der Waals surface area contributed by atoms with Crippen LogP contribution in [0, 0.1) is 17.1 Å². The molecule has 1 amide bonds. The number of pyridine rings is 1. The van der Waals surface area contributed by atoms with Crippen LogP contribution in [0.25, 0.3) is 0 Å². The van der Waals surface area contributed by atoms with Gasteiger partial charge in [0.1, 0.15) is 16.8 Å². The third-order valence-electron chi connectivity index (χ3n) is 3.07. The number of nitriles is 1. The average Bonchev–Trinajstić information content (AvgIpc) is 2.47. The molecule has 1 aromatic heterocycles. The Balaban J connectivity index is 2.88. The molecule has 0 saturated heterocycles. The van der Waals surface area contributed by atoms with Crippen molar-refractivity contribution in [1.29, 1.82) is 5.26 Å². The molecule has 0 aromatic carbocycles. The van der Waals surface area contributed by atoms with Gasteiger partial charge in [0.15, 0.2) is 11.6 Å². The first-order valence-electron chi connectivity index (χ1n) is 7.58. The van der Waals surface area contributed by atoms with Crippen LogP contribution in [-0.2, 0) is 9.47 Å². The Morgan fingerprint density at radius 1 is 1.52 bits per heavy atom. The molecule has 0 radical (unpaired) electrons. The van der Waals surface area contributed by atoms with E-state index >= 15 is 0 Å². The number of amides is 1. The summed E-state index contributed by atoms with van der Waals surface area (Å²) in [7, 11) is 1.48. The predicted octanol–water partition coefficient (Wildman–Crippen LogP) is 3.09.